The van der Waals surface area contributed by atoms with Crippen LogP contribution in [0.3, 0.4) is 0 Å². The minimum absolute atomic E-state index is 0.0885. The van der Waals surface area contributed by atoms with Crippen LogP contribution < -0.4 is 0 Å². The summed E-state index contributed by atoms with van der Waals surface area (Å²) < 4.78 is 42.0. The number of rotatable bonds is 8. The van der Waals surface area contributed by atoms with Gasteiger partial charge < -0.3 is 47.9 Å². The molecule has 458 valence electrons. The molecule has 8 atom stereocenters. The van der Waals surface area contributed by atoms with Crippen molar-refractivity contribution in [2.45, 2.75) is 73.0 Å². The molecular weight excluding hydrogens is 1180 g/mol. The van der Waals surface area contributed by atoms with Gasteiger partial charge in [-0.3, -0.25) is 0 Å². The first-order valence-corrected chi connectivity index (χ1v) is 30.2. The van der Waals surface area contributed by atoms with E-state index in [-0.39, 0.29) is 91.9 Å². The normalized spacial score (nSPS) is 21.6. The summed E-state index contributed by atoms with van der Waals surface area (Å²) in [6.07, 6.45) is 2.49. The van der Waals surface area contributed by atoms with E-state index >= 15 is 0 Å². The second kappa shape index (κ2) is 19.4. The first kappa shape index (κ1) is 55.3. The van der Waals surface area contributed by atoms with Crippen LogP contribution in [0, 0.1) is 0 Å². The van der Waals surface area contributed by atoms with Crippen LogP contribution in [0.4, 0.5) is 0 Å². The van der Waals surface area contributed by atoms with E-state index in [1.807, 2.05) is 0 Å². The first-order valence-electron chi connectivity index (χ1n) is 30.2. The monoisotopic (exact) mass is 1230 g/mol. The van der Waals surface area contributed by atoms with Gasteiger partial charge in [-0.1, -0.05) is 0 Å². The smallest absolute Gasteiger partial charge is 0.338 e. The maximum Gasteiger partial charge on any atom is 0.338 e. The van der Waals surface area contributed by atoms with Crippen LogP contribution in [0.1, 0.15) is 245 Å². The number of allylic oxidation sites excluding steroid dienone is 4. The lowest BCUT2D eigenvalue weighted by Crippen LogP contribution is -2.15. The second-order valence-corrected chi connectivity index (χ2v) is 25.0. The molecule has 2 N–H and O–H groups in total. The summed E-state index contributed by atoms with van der Waals surface area (Å²) in [5.74, 6) is -7.55. The Balaban J connectivity index is 0.964. The summed E-state index contributed by atoms with van der Waals surface area (Å²) in [5, 5.41) is 0. The van der Waals surface area contributed by atoms with E-state index in [9.17, 15) is 38.4 Å². The molecule has 92 heavy (non-hydrogen) atoms. The number of ether oxygens (including phenoxy) is 8. The molecule has 3 aromatic heterocycles. The van der Waals surface area contributed by atoms with Crippen molar-refractivity contribution >= 4 is 92.1 Å². The highest BCUT2D eigenvalue weighted by molar-refractivity contribution is 6.11. The van der Waals surface area contributed by atoms with Crippen molar-refractivity contribution in [2.75, 3.05) is 56.9 Å². The number of aromatic nitrogens is 4. The molecule has 10 aliphatic rings. The molecular formula is C72H54N4O16. The zero-order chi connectivity index (χ0) is 63.5. The highest BCUT2D eigenvalue weighted by Crippen LogP contribution is 2.68. The van der Waals surface area contributed by atoms with E-state index in [0.29, 0.717) is 48.5 Å². The SMILES string of the molecule is COC(=O)c1cc2c(cc1C(=O)OC)[C@@H]1C[C@H]2c2c1c1cc3nc(cc4[nH]c(cc5nc(cc2[nH]1)C1=C5[C@@H]2C[C@H]1c1cc(C(=O)OC)c(C(=O)OC)cc12)c1c4[C@@H]2C[C@H]1c1cc(C(=O)OC)c(C(=O)OC)cc12)C1=C3[C@@H]2C[C@H]1c1cc(C(=O)OC)c(C(=O)OC)cc12. The predicted octanol–water partition coefficient (Wildman–Crippen LogP) is 11.0. The molecule has 5 heterocycles. The molecule has 4 aromatic carbocycles. The molecule has 0 saturated carbocycles. The number of nitrogens with one attached hydrogen (secondary N) is 2. The van der Waals surface area contributed by atoms with Crippen LogP contribution in [0.2, 0.25) is 0 Å². The van der Waals surface area contributed by atoms with Gasteiger partial charge in [-0.05, 0) is 188 Å². The van der Waals surface area contributed by atoms with E-state index in [1.165, 1.54) is 56.9 Å². The van der Waals surface area contributed by atoms with Crippen LogP contribution in [-0.2, 0) is 37.9 Å². The summed E-state index contributed by atoms with van der Waals surface area (Å²) in [6, 6.07) is 22.5. The number of H-pyrrole nitrogens is 2. The Morgan fingerprint density at radius 3 is 0.609 bits per heavy atom. The van der Waals surface area contributed by atoms with Crippen LogP contribution in [-0.4, -0.2) is 125 Å². The average molecular weight is 1230 g/mol. The van der Waals surface area contributed by atoms with Gasteiger partial charge in [0, 0.05) is 69.4 Å². The van der Waals surface area contributed by atoms with Gasteiger partial charge in [0.15, 0.2) is 0 Å². The van der Waals surface area contributed by atoms with Crippen molar-refractivity contribution in [1.82, 2.24) is 19.9 Å². The fourth-order valence-corrected chi connectivity index (χ4v) is 17.9. The third-order valence-electron chi connectivity index (χ3n) is 21.4. The summed E-state index contributed by atoms with van der Waals surface area (Å²) in [6.45, 7) is 0. The lowest BCUT2D eigenvalue weighted by molar-refractivity contribution is 0.0555. The Hall–Kier alpha value is -10.8. The number of nitrogens with zero attached hydrogens (tertiary/aromatic N) is 2. The molecule has 0 fully saturated rings. The standard InChI is InChI=1S/C72H54N4O16/c1-85-65(77)41-9-25-26(10-42(41)66(78)86-2)34-17-33(25)57-49-21-51-59-35-18-37(28-12-44(68(80)88-4)43(11-27(28)35)67(79)87-3)61(59)53(74-51)23-55-63-39-20-40(32-16-48(72(84)92-8)47(15-31(32)39)71(83)91-7)64(63)56(76-55)24-54-62-38-19-36(60(62)52(75-54)22-50(73-49)58(34)57)29-13-45(69(81)89-5)46(14-30(29)38)70(82)90-6/h9-16,21-24,33-40,73,76H,17-20H2,1-8H3/t33-,34+,35+,36-,37-,38+,39+,40-. The number of carbonyl (C=O) groups excluding carboxylic acids is 8. The minimum atomic E-state index is -0.679. The molecule has 0 radical (unpaired) electrons. The van der Waals surface area contributed by atoms with Gasteiger partial charge in [0.05, 0.1) is 124 Å². The Morgan fingerprint density at radius 1 is 0.272 bits per heavy atom. The maximum atomic E-state index is 13.6. The van der Waals surface area contributed by atoms with Gasteiger partial charge >= 0.3 is 47.8 Å². The second-order valence-electron chi connectivity index (χ2n) is 25.0. The van der Waals surface area contributed by atoms with E-state index in [4.69, 9.17) is 47.9 Å². The van der Waals surface area contributed by atoms with Crippen LogP contribution in [0.25, 0.3) is 44.4 Å². The number of hydrogen-bond donors (Lipinski definition) is 2. The quantitative estimate of drug-likeness (QED) is 0.106. The summed E-state index contributed by atoms with van der Waals surface area (Å²) in [7, 11) is 10.2. The van der Waals surface area contributed by atoms with Crippen LogP contribution in [0.15, 0.2) is 72.8 Å². The highest BCUT2D eigenvalue weighted by atomic mass is 16.5. The molecule has 17 rings (SSSR count). The first-order chi connectivity index (χ1) is 44.5. The number of esters is 8. The Labute approximate surface area is 522 Å². The number of aromatic amines is 2. The molecule has 0 unspecified atom stereocenters. The molecule has 20 nitrogen and oxygen atoms in total. The summed E-state index contributed by atoms with van der Waals surface area (Å²) in [4.78, 5) is 128. The van der Waals surface area contributed by atoms with Gasteiger partial charge in [0.25, 0.3) is 0 Å². The molecule has 8 aliphatic carbocycles. The summed E-state index contributed by atoms with van der Waals surface area (Å²) >= 11 is 0. The third kappa shape index (κ3) is 7.11. The van der Waals surface area contributed by atoms with E-state index in [1.54, 1.807) is 48.5 Å². The van der Waals surface area contributed by atoms with Crippen molar-refractivity contribution < 1.29 is 76.3 Å². The van der Waals surface area contributed by atoms with Gasteiger partial charge in [-0.2, -0.15) is 0 Å². The number of fused-ring (bicyclic) bond motifs is 46. The van der Waals surface area contributed by atoms with E-state index < -0.39 is 47.8 Å². The lowest BCUT2D eigenvalue weighted by Gasteiger charge is -2.21. The lowest BCUT2D eigenvalue weighted by atomic mass is 9.81. The van der Waals surface area contributed by atoms with Gasteiger partial charge in [0.2, 0.25) is 0 Å². The average Bonchev–Trinajstić information content (AvgIpc) is 1.54. The fraction of sp³-hybridized carbons (Fsp3) is 0.278. The molecule has 2 aliphatic heterocycles. The van der Waals surface area contributed by atoms with Crippen molar-refractivity contribution in [3.05, 3.63) is 207 Å². The zero-order valence-corrected chi connectivity index (χ0v) is 50.8. The molecule has 0 spiro atoms. The minimum Gasteiger partial charge on any atom is -0.465 e. The summed E-state index contributed by atoms with van der Waals surface area (Å²) in [5.41, 5.74) is 21.3. The molecule has 0 amide bonds. The van der Waals surface area contributed by atoms with E-state index in [0.717, 1.165) is 111 Å². The van der Waals surface area contributed by atoms with E-state index in [2.05, 4.69) is 34.2 Å². The van der Waals surface area contributed by atoms with Crippen LogP contribution in [0.5, 0.6) is 0 Å². The fourth-order valence-electron chi connectivity index (χ4n) is 17.9. The molecule has 7 aromatic rings. The van der Waals surface area contributed by atoms with Crippen molar-refractivity contribution in [2.24, 2.45) is 0 Å². The van der Waals surface area contributed by atoms with Crippen molar-refractivity contribution in [3.63, 3.8) is 0 Å². The van der Waals surface area contributed by atoms with Gasteiger partial charge in [-0.25, -0.2) is 48.3 Å². The third-order valence-corrected chi connectivity index (χ3v) is 21.4. The highest BCUT2D eigenvalue weighted by Gasteiger charge is 2.53. The topological polar surface area (TPSA) is 268 Å². The Bertz CT molecular complexity index is 4450. The van der Waals surface area contributed by atoms with Crippen molar-refractivity contribution in [3.8, 4) is 0 Å². The molecule has 16 bridgehead atoms. The number of hydrogen-bond acceptors (Lipinski definition) is 18. The Morgan fingerprint density at radius 2 is 0.435 bits per heavy atom. The molecule has 20 heteroatoms. The van der Waals surface area contributed by atoms with Gasteiger partial charge in [0.1, 0.15) is 0 Å². The zero-order valence-electron chi connectivity index (χ0n) is 50.8. The number of carbonyl (C=O) groups is 8. The largest absolute Gasteiger partial charge is 0.465 e. The number of methoxy groups -OCH3 is 8. The van der Waals surface area contributed by atoms with Gasteiger partial charge in [-0.15, -0.1) is 0 Å². The maximum absolute atomic E-state index is 13.6. The molecule has 0 saturated heterocycles. The Kier molecular flexibility index (Phi) is 11.7. The van der Waals surface area contributed by atoms with Crippen molar-refractivity contribution in [1.29, 1.82) is 0 Å². The van der Waals surface area contributed by atoms with Crippen LogP contribution >= 0.6 is 0 Å². The number of benzene rings is 4. The predicted molar refractivity (Wildman–Crippen MR) is 328 cm³/mol.